The van der Waals surface area contributed by atoms with E-state index in [0.717, 1.165) is 13.0 Å². The molecule has 0 rings (SSSR count). The van der Waals surface area contributed by atoms with Gasteiger partial charge in [0.15, 0.2) is 0 Å². The second kappa shape index (κ2) is 8.23. The highest BCUT2D eigenvalue weighted by Crippen LogP contribution is 1.95. The fourth-order valence-corrected chi connectivity index (χ4v) is 0.962. The Morgan fingerprint density at radius 2 is 1.80 bits per heavy atom. The first-order chi connectivity index (χ1) is 7.06. The summed E-state index contributed by atoms with van der Waals surface area (Å²) in [4.78, 5) is 23.8. The van der Waals surface area contributed by atoms with Gasteiger partial charge < -0.3 is 14.4 Å². The van der Waals surface area contributed by atoms with E-state index in [9.17, 15) is 9.59 Å². The Bertz CT molecular complexity index is 204. The van der Waals surface area contributed by atoms with Crippen molar-refractivity contribution in [3.05, 3.63) is 0 Å². The molecular weight excluding hydrogens is 198 g/mol. The van der Waals surface area contributed by atoms with E-state index in [4.69, 9.17) is 4.74 Å². The van der Waals surface area contributed by atoms with Crippen LogP contribution in [0, 0.1) is 0 Å². The molecular formula is C10H19NO4. The zero-order valence-corrected chi connectivity index (χ0v) is 9.62. The van der Waals surface area contributed by atoms with E-state index in [1.165, 1.54) is 7.11 Å². The molecule has 0 aliphatic rings. The molecule has 0 bridgehead atoms. The normalized spacial score (nSPS) is 10.1. The number of rotatable bonds is 7. The minimum atomic E-state index is -0.365. The molecule has 0 aromatic carbocycles. The van der Waals surface area contributed by atoms with Crippen LogP contribution >= 0.6 is 0 Å². The van der Waals surface area contributed by atoms with Gasteiger partial charge >= 0.3 is 11.9 Å². The Kier molecular flexibility index (Phi) is 7.62. The second-order valence-electron chi connectivity index (χ2n) is 3.45. The molecule has 0 atom stereocenters. The van der Waals surface area contributed by atoms with Gasteiger partial charge in [-0.25, -0.2) is 0 Å². The van der Waals surface area contributed by atoms with Crippen LogP contribution in [0.15, 0.2) is 0 Å². The van der Waals surface area contributed by atoms with Crippen molar-refractivity contribution in [3.8, 4) is 0 Å². The summed E-state index contributed by atoms with van der Waals surface area (Å²) in [5, 5.41) is 0. The van der Waals surface area contributed by atoms with Gasteiger partial charge in [-0.1, -0.05) is 0 Å². The van der Waals surface area contributed by atoms with E-state index in [2.05, 4.69) is 4.74 Å². The average Bonchev–Trinajstić information content (AvgIpc) is 2.17. The van der Waals surface area contributed by atoms with Crippen molar-refractivity contribution < 1.29 is 19.1 Å². The Morgan fingerprint density at radius 3 is 2.33 bits per heavy atom. The van der Waals surface area contributed by atoms with Crippen LogP contribution in [-0.2, 0) is 19.1 Å². The SMILES string of the molecule is COC(=O)CCOC(=O)CCCN(C)C. The minimum absolute atomic E-state index is 0.105. The number of carbonyl (C=O) groups excluding carboxylic acids is 2. The lowest BCUT2D eigenvalue weighted by Crippen LogP contribution is -2.16. The molecule has 0 aromatic heterocycles. The first-order valence-electron chi connectivity index (χ1n) is 4.93. The van der Waals surface area contributed by atoms with Gasteiger partial charge in [0.05, 0.1) is 13.5 Å². The molecule has 0 aliphatic heterocycles. The molecule has 0 heterocycles. The summed E-state index contributed by atoms with van der Waals surface area (Å²) >= 11 is 0. The highest BCUT2D eigenvalue weighted by atomic mass is 16.5. The summed E-state index contributed by atoms with van der Waals surface area (Å²) in [5.74, 6) is -0.628. The standard InChI is InChI=1S/C10H19NO4/c1-11(2)7-4-5-10(13)15-8-6-9(12)14-3/h4-8H2,1-3H3. The van der Waals surface area contributed by atoms with Crippen molar-refractivity contribution in [2.75, 3.05) is 34.4 Å². The number of carbonyl (C=O) groups is 2. The topological polar surface area (TPSA) is 55.8 Å². The fourth-order valence-electron chi connectivity index (χ4n) is 0.962. The maximum absolute atomic E-state index is 11.1. The van der Waals surface area contributed by atoms with E-state index in [-0.39, 0.29) is 25.0 Å². The van der Waals surface area contributed by atoms with Crippen LogP contribution in [0.1, 0.15) is 19.3 Å². The van der Waals surface area contributed by atoms with Crippen LogP contribution in [0.3, 0.4) is 0 Å². The summed E-state index contributed by atoms with van der Waals surface area (Å²) in [6.07, 6.45) is 1.28. The summed E-state index contributed by atoms with van der Waals surface area (Å²) in [5.41, 5.74) is 0. The van der Waals surface area contributed by atoms with Gasteiger partial charge in [-0.3, -0.25) is 9.59 Å². The highest BCUT2D eigenvalue weighted by molar-refractivity contribution is 5.71. The van der Waals surface area contributed by atoms with E-state index in [0.29, 0.717) is 6.42 Å². The second-order valence-corrected chi connectivity index (χ2v) is 3.45. The summed E-state index contributed by atoms with van der Waals surface area (Å²) in [6.45, 7) is 0.958. The molecule has 88 valence electrons. The van der Waals surface area contributed by atoms with E-state index in [1.807, 2.05) is 19.0 Å². The van der Waals surface area contributed by atoms with Crippen molar-refractivity contribution in [1.82, 2.24) is 4.90 Å². The zero-order valence-electron chi connectivity index (χ0n) is 9.62. The van der Waals surface area contributed by atoms with Gasteiger partial charge in [0.2, 0.25) is 0 Å². The average molecular weight is 217 g/mol. The van der Waals surface area contributed by atoms with E-state index in [1.54, 1.807) is 0 Å². The Morgan fingerprint density at radius 1 is 1.13 bits per heavy atom. The third-order valence-electron chi connectivity index (χ3n) is 1.78. The number of nitrogens with zero attached hydrogens (tertiary/aromatic N) is 1. The van der Waals surface area contributed by atoms with E-state index >= 15 is 0 Å². The van der Waals surface area contributed by atoms with Gasteiger partial charge in [-0.2, -0.15) is 0 Å². The van der Waals surface area contributed by atoms with Crippen molar-refractivity contribution in [2.45, 2.75) is 19.3 Å². The van der Waals surface area contributed by atoms with Crippen LogP contribution in [0.2, 0.25) is 0 Å². The maximum atomic E-state index is 11.1. The summed E-state index contributed by atoms with van der Waals surface area (Å²) < 4.78 is 9.25. The summed E-state index contributed by atoms with van der Waals surface area (Å²) in [6, 6.07) is 0. The molecule has 0 fully saturated rings. The van der Waals surface area contributed by atoms with Crippen LogP contribution in [0.25, 0.3) is 0 Å². The van der Waals surface area contributed by atoms with Gasteiger partial charge in [-0.15, -0.1) is 0 Å². The monoisotopic (exact) mass is 217 g/mol. The predicted molar refractivity (Wildman–Crippen MR) is 55.4 cm³/mol. The molecule has 0 N–H and O–H groups in total. The van der Waals surface area contributed by atoms with Gasteiger partial charge in [0.25, 0.3) is 0 Å². The van der Waals surface area contributed by atoms with Gasteiger partial charge in [0, 0.05) is 6.42 Å². The molecule has 0 saturated carbocycles. The molecule has 0 saturated heterocycles. The number of ether oxygens (including phenoxy) is 2. The number of hydrogen-bond donors (Lipinski definition) is 0. The van der Waals surface area contributed by atoms with Crippen molar-refractivity contribution in [1.29, 1.82) is 0 Å². The lowest BCUT2D eigenvalue weighted by Gasteiger charge is -2.08. The van der Waals surface area contributed by atoms with Crippen LogP contribution < -0.4 is 0 Å². The molecule has 5 heteroatoms. The quantitative estimate of drug-likeness (QED) is 0.579. The lowest BCUT2D eigenvalue weighted by atomic mass is 10.3. The number of methoxy groups -OCH3 is 1. The Balaban J connectivity index is 3.37. The number of hydrogen-bond acceptors (Lipinski definition) is 5. The molecule has 0 radical (unpaired) electrons. The van der Waals surface area contributed by atoms with Gasteiger partial charge in [0.1, 0.15) is 6.61 Å². The smallest absolute Gasteiger partial charge is 0.308 e. The predicted octanol–water partition coefficient (Wildman–Crippen LogP) is 0.434. The Hall–Kier alpha value is -1.10. The van der Waals surface area contributed by atoms with Crippen molar-refractivity contribution in [3.63, 3.8) is 0 Å². The molecule has 0 unspecified atom stereocenters. The maximum Gasteiger partial charge on any atom is 0.308 e. The molecule has 5 nitrogen and oxygen atoms in total. The van der Waals surface area contributed by atoms with Gasteiger partial charge in [-0.05, 0) is 27.1 Å². The van der Waals surface area contributed by atoms with Crippen LogP contribution in [0.4, 0.5) is 0 Å². The third-order valence-corrected chi connectivity index (χ3v) is 1.78. The largest absolute Gasteiger partial charge is 0.469 e. The third kappa shape index (κ3) is 9.21. The Labute approximate surface area is 90.3 Å². The number of esters is 2. The first-order valence-corrected chi connectivity index (χ1v) is 4.93. The van der Waals surface area contributed by atoms with E-state index < -0.39 is 0 Å². The van der Waals surface area contributed by atoms with Crippen LogP contribution in [-0.4, -0.2) is 51.2 Å². The van der Waals surface area contributed by atoms with Crippen molar-refractivity contribution in [2.24, 2.45) is 0 Å². The molecule has 0 amide bonds. The summed E-state index contributed by atoms with van der Waals surface area (Å²) in [7, 11) is 5.20. The molecule has 0 spiro atoms. The lowest BCUT2D eigenvalue weighted by molar-refractivity contribution is -0.147. The minimum Gasteiger partial charge on any atom is -0.469 e. The fraction of sp³-hybridized carbons (Fsp3) is 0.800. The molecule has 15 heavy (non-hydrogen) atoms. The highest BCUT2D eigenvalue weighted by Gasteiger charge is 2.05. The van der Waals surface area contributed by atoms with Crippen LogP contribution in [0.5, 0.6) is 0 Å². The molecule has 0 aromatic rings. The first kappa shape index (κ1) is 13.9. The zero-order chi connectivity index (χ0) is 11.7. The molecule has 0 aliphatic carbocycles. The van der Waals surface area contributed by atoms with Crippen molar-refractivity contribution >= 4 is 11.9 Å².